The van der Waals surface area contributed by atoms with Crippen molar-refractivity contribution < 1.29 is 4.74 Å². The number of nitrogens with zero attached hydrogens (tertiary/aromatic N) is 1. The molecule has 0 radical (unpaired) electrons. The van der Waals surface area contributed by atoms with Gasteiger partial charge in [0.05, 0.1) is 6.61 Å². The third-order valence-electron chi connectivity index (χ3n) is 4.88. The molecule has 2 aliphatic heterocycles. The van der Waals surface area contributed by atoms with E-state index < -0.39 is 0 Å². The Bertz CT molecular complexity index is 251. The number of ether oxygens (including phenoxy) is 1. The smallest absolute Gasteiger partial charge is 0.0547 e. The van der Waals surface area contributed by atoms with Gasteiger partial charge in [-0.25, -0.2) is 0 Å². The molecule has 0 amide bonds. The van der Waals surface area contributed by atoms with Gasteiger partial charge in [0.15, 0.2) is 0 Å². The first-order chi connectivity index (χ1) is 8.71. The van der Waals surface area contributed by atoms with Crippen LogP contribution in [0.15, 0.2) is 0 Å². The van der Waals surface area contributed by atoms with Crippen LogP contribution in [0.2, 0.25) is 0 Å². The number of hydrogen-bond acceptors (Lipinski definition) is 3. The monoisotopic (exact) mass is 254 g/mol. The van der Waals surface area contributed by atoms with Gasteiger partial charge in [-0.3, -0.25) is 4.90 Å². The summed E-state index contributed by atoms with van der Waals surface area (Å²) in [5.74, 6) is 0. The highest BCUT2D eigenvalue weighted by Gasteiger charge is 2.40. The van der Waals surface area contributed by atoms with Crippen molar-refractivity contribution in [3.8, 4) is 0 Å². The first kappa shape index (κ1) is 14.3. The standard InChI is InChI=1S/C15H30N2O/c1-4-14-7-6-13(3)17(14)11-15(10-16-5-2)8-9-18-12-15/h13-14,16H,4-12H2,1-3H3. The molecule has 106 valence electrons. The van der Waals surface area contributed by atoms with Crippen LogP contribution in [0.25, 0.3) is 0 Å². The Kier molecular flexibility index (Phi) is 5.05. The predicted molar refractivity (Wildman–Crippen MR) is 75.9 cm³/mol. The lowest BCUT2D eigenvalue weighted by Crippen LogP contribution is -2.48. The summed E-state index contributed by atoms with van der Waals surface area (Å²) in [6, 6.07) is 1.56. The molecule has 0 aromatic rings. The fourth-order valence-electron chi connectivity index (χ4n) is 3.60. The summed E-state index contributed by atoms with van der Waals surface area (Å²) < 4.78 is 5.71. The molecule has 0 saturated carbocycles. The zero-order valence-corrected chi connectivity index (χ0v) is 12.4. The third-order valence-corrected chi connectivity index (χ3v) is 4.88. The van der Waals surface area contributed by atoms with Crippen LogP contribution in [0.1, 0.15) is 46.5 Å². The second-order valence-electron chi connectivity index (χ2n) is 6.24. The predicted octanol–water partition coefficient (Wildman–Crippen LogP) is 2.27. The second-order valence-corrected chi connectivity index (χ2v) is 6.24. The highest BCUT2D eigenvalue weighted by Crippen LogP contribution is 2.34. The number of rotatable bonds is 6. The Morgan fingerprint density at radius 2 is 2.17 bits per heavy atom. The van der Waals surface area contributed by atoms with Crippen molar-refractivity contribution in [1.29, 1.82) is 0 Å². The van der Waals surface area contributed by atoms with E-state index in [-0.39, 0.29) is 0 Å². The summed E-state index contributed by atoms with van der Waals surface area (Å²) in [6.07, 6.45) is 5.27. The Balaban J connectivity index is 1.99. The molecule has 0 aliphatic carbocycles. The molecule has 2 saturated heterocycles. The molecule has 0 aromatic carbocycles. The number of likely N-dealkylation sites (tertiary alicyclic amines) is 1. The number of nitrogens with one attached hydrogen (secondary N) is 1. The topological polar surface area (TPSA) is 24.5 Å². The Morgan fingerprint density at radius 1 is 1.33 bits per heavy atom. The molecule has 1 N–H and O–H groups in total. The van der Waals surface area contributed by atoms with Crippen molar-refractivity contribution in [3.63, 3.8) is 0 Å². The maximum Gasteiger partial charge on any atom is 0.0547 e. The first-order valence-corrected chi connectivity index (χ1v) is 7.75. The van der Waals surface area contributed by atoms with Gasteiger partial charge >= 0.3 is 0 Å². The molecule has 0 bridgehead atoms. The van der Waals surface area contributed by atoms with Gasteiger partial charge in [-0.15, -0.1) is 0 Å². The van der Waals surface area contributed by atoms with E-state index in [1.165, 1.54) is 32.2 Å². The lowest BCUT2D eigenvalue weighted by molar-refractivity contribution is 0.0843. The molecule has 2 rings (SSSR count). The maximum absolute atomic E-state index is 5.71. The van der Waals surface area contributed by atoms with E-state index >= 15 is 0 Å². The molecule has 0 spiro atoms. The summed E-state index contributed by atoms with van der Waals surface area (Å²) >= 11 is 0. The van der Waals surface area contributed by atoms with Crippen molar-refractivity contribution in [3.05, 3.63) is 0 Å². The van der Waals surface area contributed by atoms with E-state index in [1.807, 2.05) is 0 Å². The molecule has 2 heterocycles. The van der Waals surface area contributed by atoms with Gasteiger partial charge in [-0.1, -0.05) is 13.8 Å². The van der Waals surface area contributed by atoms with Crippen LogP contribution in [0, 0.1) is 5.41 Å². The molecule has 18 heavy (non-hydrogen) atoms. The zero-order chi connectivity index (χ0) is 13.0. The lowest BCUT2D eigenvalue weighted by atomic mass is 9.86. The minimum Gasteiger partial charge on any atom is -0.381 e. The van der Waals surface area contributed by atoms with Gasteiger partial charge < -0.3 is 10.1 Å². The van der Waals surface area contributed by atoms with Gasteiger partial charge in [-0.05, 0) is 39.2 Å². The Hall–Kier alpha value is -0.120. The van der Waals surface area contributed by atoms with Crippen molar-refractivity contribution in [1.82, 2.24) is 10.2 Å². The van der Waals surface area contributed by atoms with Crippen LogP contribution < -0.4 is 5.32 Å². The molecule has 2 fully saturated rings. The summed E-state index contributed by atoms with van der Waals surface area (Å²) in [7, 11) is 0. The molecule has 3 atom stereocenters. The highest BCUT2D eigenvalue weighted by molar-refractivity contribution is 4.94. The molecule has 3 nitrogen and oxygen atoms in total. The largest absolute Gasteiger partial charge is 0.381 e. The normalized spacial score (nSPS) is 37.5. The summed E-state index contributed by atoms with van der Waals surface area (Å²) in [4.78, 5) is 2.76. The van der Waals surface area contributed by atoms with Crippen LogP contribution in [-0.4, -0.2) is 49.8 Å². The lowest BCUT2D eigenvalue weighted by Gasteiger charge is -2.37. The van der Waals surface area contributed by atoms with Gasteiger partial charge in [0.1, 0.15) is 0 Å². The van der Waals surface area contributed by atoms with Crippen molar-refractivity contribution in [2.45, 2.75) is 58.5 Å². The number of hydrogen-bond donors (Lipinski definition) is 1. The van der Waals surface area contributed by atoms with E-state index in [2.05, 4.69) is 31.0 Å². The molecule has 2 aliphatic rings. The van der Waals surface area contributed by atoms with E-state index in [0.29, 0.717) is 5.41 Å². The van der Waals surface area contributed by atoms with Crippen molar-refractivity contribution >= 4 is 0 Å². The first-order valence-electron chi connectivity index (χ1n) is 7.75. The van der Waals surface area contributed by atoms with E-state index in [0.717, 1.165) is 38.4 Å². The highest BCUT2D eigenvalue weighted by atomic mass is 16.5. The van der Waals surface area contributed by atoms with Crippen LogP contribution in [0.5, 0.6) is 0 Å². The Labute approximate surface area is 112 Å². The average molecular weight is 254 g/mol. The minimum atomic E-state index is 0.363. The summed E-state index contributed by atoms with van der Waals surface area (Å²) in [6.45, 7) is 12.2. The fraction of sp³-hybridized carbons (Fsp3) is 1.00. The van der Waals surface area contributed by atoms with Crippen LogP contribution in [0.4, 0.5) is 0 Å². The van der Waals surface area contributed by atoms with E-state index in [9.17, 15) is 0 Å². The average Bonchev–Trinajstić information content (AvgIpc) is 2.97. The van der Waals surface area contributed by atoms with Crippen molar-refractivity contribution in [2.24, 2.45) is 5.41 Å². The van der Waals surface area contributed by atoms with E-state index in [4.69, 9.17) is 4.74 Å². The SMILES string of the molecule is CCNCC1(CN2C(C)CCC2CC)CCOC1. The van der Waals surface area contributed by atoms with Crippen molar-refractivity contribution in [2.75, 3.05) is 32.8 Å². The summed E-state index contributed by atoms with van der Waals surface area (Å²) in [5.41, 5.74) is 0.363. The minimum absolute atomic E-state index is 0.363. The van der Waals surface area contributed by atoms with Crippen LogP contribution >= 0.6 is 0 Å². The maximum atomic E-state index is 5.71. The van der Waals surface area contributed by atoms with Gasteiger partial charge in [0.2, 0.25) is 0 Å². The van der Waals surface area contributed by atoms with Crippen LogP contribution in [0.3, 0.4) is 0 Å². The molecular formula is C15H30N2O. The van der Waals surface area contributed by atoms with Crippen LogP contribution in [-0.2, 0) is 4.74 Å². The van der Waals surface area contributed by atoms with Gasteiger partial charge in [0, 0.05) is 37.2 Å². The molecule has 0 aromatic heterocycles. The molecular weight excluding hydrogens is 224 g/mol. The molecule has 3 heteroatoms. The second kappa shape index (κ2) is 6.36. The van der Waals surface area contributed by atoms with E-state index in [1.54, 1.807) is 0 Å². The third kappa shape index (κ3) is 3.06. The zero-order valence-electron chi connectivity index (χ0n) is 12.4. The summed E-state index contributed by atoms with van der Waals surface area (Å²) in [5, 5.41) is 3.55. The quantitative estimate of drug-likeness (QED) is 0.787. The van der Waals surface area contributed by atoms with Gasteiger partial charge in [0.25, 0.3) is 0 Å². The van der Waals surface area contributed by atoms with Gasteiger partial charge in [-0.2, -0.15) is 0 Å². The Morgan fingerprint density at radius 3 is 2.78 bits per heavy atom. The molecule has 3 unspecified atom stereocenters. The fourth-order valence-corrected chi connectivity index (χ4v) is 3.60.